The number of amides is 1. The Bertz CT molecular complexity index is 137. The van der Waals surface area contributed by atoms with E-state index < -0.39 is 0 Å². The van der Waals surface area contributed by atoms with E-state index >= 15 is 0 Å². The average molecular weight is 238 g/mol. The topological polar surface area (TPSA) is 49.3 Å². The molecule has 0 rings (SSSR count). The molecule has 0 aromatic carbocycles. The van der Waals surface area contributed by atoms with Gasteiger partial charge in [0.1, 0.15) is 0 Å². The molecule has 12 heavy (non-hydrogen) atoms. The molecule has 0 aromatic heterocycles. The summed E-state index contributed by atoms with van der Waals surface area (Å²) in [6.45, 7) is 3.86. The van der Waals surface area contributed by atoms with Crippen molar-refractivity contribution in [1.29, 1.82) is 0 Å². The van der Waals surface area contributed by atoms with E-state index in [1.807, 2.05) is 13.8 Å². The quantitative estimate of drug-likeness (QED) is 0.703. The number of rotatable bonds is 5. The van der Waals surface area contributed by atoms with Gasteiger partial charge in [-0.2, -0.15) is 0 Å². The zero-order valence-corrected chi connectivity index (χ0v) is 9.10. The highest BCUT2D eigenvalue weighted by Crippen LogP contribution is 2.04. The van der Waals surface area contributed by atoms with Crippen LogP contribution in [-0.2, 0) is 4.79 Å². The zero-order valence-electron chi connectivity index (χ0n) is 7.51. The maximum atomic E-state index is 11.2. The molecule has 4 heteroatoms. The zero-order chi connectivity index (χ0) is 9.56. The van der Waals surface area contributed by atoms with E-state index in [1.165, 1.54) is 0 Å². The number of hydrogen-bond acceptors (Lipinski definition) is 2. The Morgan fingerprint density at radius 2 is 2.08 bits per heavy atom. The molecular formula is C8H16BrNO2. The summed E-state index contributed by atoms with van der Waals surface area (Å²) in [7, 11) is 0. The summed E-state index contributed by atoms with van der Waals surface area (Å²) < 4.78 is 0. The van der Waals surface area contributed by atoms with Crippen LogP contribution < -0.4 is 5.32 Å². The predicted molar refractivity (Wildman–Crippen MR) is 52.3 cm³/mol. The van der Waals surface area contributed by atoms with Gasteiger partial charge in [-0.1, -0.05) is 29.8 Å². The first-order valence-electron chi connectivity index (χ1n) is 4.20. The lowest BCUT2D eigenvalue weighted by atomic mass is 10.2. The summed E-state index contributed by atoms with van der Waals surface area (Å²) in [5.41, 5.74) is 0. The lowest BCUT2D eigenvalue weighted by molar-refractivity contribution is -0.121. The molecule has 0 aliphatic heterocycles. The summed E-state index contributed by atoms with van der Waals surface area (Å²) in [5, 5.41) is 11.5. The Morgan fingerprint density at radius 1 is 1.50 bits per heavy atom. The van der Waals surface area contributed by atoms with Crippen molar-refractivity contribution in [2.45, 2.75) is 37.6 Å². The molecule has 2 N–H and O–H groups in total. The summed E-state index contributed by atoms with van der Waals surface area (Å²) in [5.74, 6) is -0.0431. The van der Waals surface area contributed by atoms with Gasteiger partial charge in [-0.05, 0) is 12.8 Å². The van der Waals surface area contributed by atoms with E-state index in [9.17, 15) is 4.79 Å². The summed E-state index contributed by atoms with van der Waals surface area (Å²) in [6, 6.07) is -0.107. The smallest absolute Gasteiger partial charge is 0.234 e. The number of halogens is 1. The average Bonchev–Trinajstić information content (AvgIpc) is 2.12. The molecule has 0 aliphatic rings. The molecule has 3 nitrogen and oxygen atoms in total. The second-order valence-electron chi connectivity index (χ2n) is 2.67. The third-order valence-corrected chi connectivity index (χ3v) is 2.77. The number of aliphatic hydroxyl groups is 1. The third-order valence-electron chi connectivity index (χ3n) is 1.70. The van der Waals surface area contributed by atoms with E-state index in [0.717, 1.165) is 12.8 Å². The third kappa shape index (κ3) is 4.07. The van der Waals surface area contributed by atoms with Crippen LogP contribution in [0.5, 0.6) is 0 Å². The number of aliphatic hydroxyl groups excluding tert-OH is 1. The monoisotopic (exact) mass is 237 g/mol. The van der Waals surface area contributed by atoms with Gasteiger partial charge in [-0.3, -0.25) is 4.79 Å². The Morgan fingerprint density at radius 3 is 2.42 bits per heavy atom. The van der Waals surface area contributed by atoms with E-state index in [1.54, 1.807) is 0 Å². The van der Waals surface area contributed by atoms with Crippen LogP contribution >= 0.6 is 15.9 Å². The molecule has 0 saturated heterocycles. The van der Waals surface area contributed by atoms with Crippen molar-refractivity contribution in [2.24, 2.45) is 0 Å². The van der Waals surface area contributed by atoms with Crippen molar-refractivity contribution in [3.05, 3.63) is 0 Å². The number of carbonyl (C=O) groups excluding carboxylic acids is 1. The SMILES string of the molecule is CCC(Br)C(=O)N[C@H](CC)CO. The maximum absolute atomic E-state index is 11.2. The van der Waals surface area contributed by atoms with Crippen molar-refractivity contribution in [2.75, 3.05) is 6.61 Å². The van der Waals surface area contributed by atoms with Gasteiger partial charge >= 0.3 is 0 Å². The summed E-state index contributed by atoms with van der Waals surface area (Å²) in [6.07, 6.45) is 1.51. The van der Waals surface area contributed by atoms with Crippen LogP contribution in [0.15, 0.2) is 0 Å². The minimum atomic E-state index is -0.141. The molecule has 0 saturated carbocycles. The van der Waals surface area contributed by atoms with Crippen molar-refractivity contribution in [1.82, 2.24) is 5.32 Å². The Balaban J connectivity index is 3.81. The van der Waals surface area contributed by atoms with Crippen molar-refractivity contribution in [3.8, 4) is 0 Å². The van der Waals surface area contributed by atoms with Crippen LogP contribution in [0.25, 0.3) is 0 Å². The minimum absolute atomic E-state index is 0.00563. The van der Waals surface area contributed by atoms with Crippen molar-refractivity contribution >= 4 is 21.8 Å². The molecule has 0 bridgehead atoms. The Hall–Kier alpha value is -0.0900. The van der Waals surface area contributed by atoms with Crippen LogP contribution in [0, 0.1) is 0 Å². The maximum Gasteiger partial charge on any atom is 0.234 e. The van der Waals surface area contributed by atoms with Crippen LogP contribution in [0.1, 0.15) is 26.7 Å². The van der Waals surface area contributed by atoms with Gasteiger partial charge in [0, 0.05) is 0 Å². The Labute approximate surface area is 81.7 Å². The van der Waals surface area contributed by atoms with E-state index in [2.05, 4.69) is 21.2 Å². The van der Waals surface area contributed by atoms with Crippen molar-refractivity contribution in [3.63, 3.8) is 0 Å². The largest absolute Gasteiger partial charge is 0.394 e. The van der Waals surface area contributed by atoms with E-state index in [4.69, 9.17) is 5.11 Å². The van der Waals surface area contributed by atoms with Gasteiger partial charge in [0.05, 0.1) is 17.5 Å². The van der Waals surface area contributed by atoms with E-state index in [-0.39, 0.29) is 23.4 Å². The lowest BCUT2D eigenvalue weighted by Crippen LogP contribution is -2.40. The molecule has 72 valence electrons. The lowest BCUT2D eigenvalue weighted by Gasteiger charge is -2.15. The normalized spacial score (nSPS) is 15.3. The molecule has 1 unspecified atom stereocenters. The summed E-state index contributed by atoms with van der Waals surface area (Å²) >= 11 is 3.24. The molecule has 0 spiro atoms. The molecule has 0 fully saturated rings. The molecule has 0 heterocycles. The minimum Gasteiger partial charge on any atom is -0.394 e. The first kappa shape index (κ1) is 11.9. The predicted octanol–water partition coefficient (Wildman–Crippen LogP) is 1.05. The fourth-order valence-corrected chi connectivity index (χ4v) is 0.886. The van der Waals surface area contributed by atoms with Crippen molar-refractivity contribution < 1.29 is 9.90 Å². The van der Waals surface area contributed by atoms with Gasteiger partial charge in [0.15, 0.2) is 0 Å². The molecule has 0 radical (unpaired) electrons. The van der Waals surface area contributed by atoms with Crippen LogP contribution in [0.4, 0.5) is 0 Å². The van der Waals surface area contributed by atoms with Gasteiger partial charge in [0.25, 0.3) is 0 Å². The highest BCUT2D eigenvalue weighted by Gasteiger charge is 2.15. The fourth-order valence-electron chi connectivity index (χ4n) is 0.754. The van der Waals surface area contributed by atoms with Crippen LogP contribution in [-0.4, -0.2) is 28.5 Å². The van der Waals surface area contributed by atoms with Gasteiger partial charge in [-0.15, -0.1) is 0 Å². The first-order valence-corrected chi connectivity index (χ1v) is 5.12. The number of carbonyl (C=O) groups is 1. The molecule has 1 amide bonds. The highest BCUT2D eigenvalue weighted by atomic mass is 79.9. The number of alkyl halides is 1. The standard InChI is InChI=1S/C8H16BrNO2/c1-3-6(5-11)10-8(12)7(9)4-2/h6-7,11H,3-5H2,1-2H3,(H,10,12)/t6-,7?/m1/s1. The second-order valence-corrected chi connectivity index (χ2v) is 3.78. The number of nitrogens with one attached hydrogen (secondary N) is 1. The fraction of sp³-hybridized carbons (Fsp3) is 0.875. The van der Waals surface area contributed by atoms with Gasteiger partial charge in [-0.25, -0.2) is 0 Å². The summed E-state index contributed by atoms with van der Waals surface area (Å²) in [4.78, 5) is 11.1. The molecular weight excluding hydrogens is 222 g/mol. The van der Waals surface area contributed by atoms with Crippen LogP contribution in [0.2, 0.25) is 0 Å². The van der Waals surface area contributed by atoms with E-state index in [0.29, 0.717) is 0 Å². The molecule has 0 aromatic rings. The van der Waals surface area contributed by atoms with Crippen LogP contribution in [0.3, 0.4) is 0 Å². The number of hydrogen-bond donors (Lipinski definition) is 2. The van der Waals surface area contributed by atoms with Gasteiger partial charge in [0.2, 0.25) is 5.91 Å². The molecule has 0 aliphatic carbocycles. The molecule has 2 atom stereocenters. The second kappa shape index (κ2) is 6.43. The highest BCUT2D eigenvalue weighted by molar-refractivity contribution is 9.10. The first-order chi connectivity index (χ1) is 5.65. The Kier molecular flexibility index (Phi) is 6.38. The van der Waals surface area contributed by atoms with Gasteiger partial charge < -0.3 is 10.4 Å².